The van der Waals surface area contributed by atoms with E-state index in [0.717, 1.165) is 49.6 Å². The standard InChI is InChI=1S/C35H48N4O3/c1-21-16-31-32(39(19-21)33(40)41-20-24-8-6-5-7-9-24)23(3)35(42-31)15-13-27-28-11-10-25-17-26(37-38-36)12-14-34(25,4)30(28)18-29(27)22(35)2/h5-9,21,23,25-28,30-32H,10-20H2,1-4H3/t21?,23-,25-,26-,27+,28?,30+,31-,32?,34?,35?/m1/s1. The number of piperidine rings is 1. The minimum Gasteiger partial charge on any atom is -0.445 e. The van der Waals surface area contributed by atoms with Gasteiger partial charge in [-0.1, -0.05) is 61.8 Å². The normalized spacial score (nSPS) is 44.1. The maximum atomic E-state index is 13.6. The molecule has 0 N–H and O–H groups in total. The quantitative estimate of drug-likeness (QED) is 0.158. The van der Waals surface area contributed by atoms with Crippen LogP contribution in [0.25, 0.3) is 10.4 Å². The summed E-state index contributed by atoms with van der Waals surface area (Å²) < 4.78 is 13.1. The molecule has 7 nitrogen and oxygen atoms in total. The molecule has 226 valence electrons. The topological polar surface area (TPSA) is 87.5 Å². The van der Waals surface area contributed by atoms with Crippen molar-refractivity contribution >= 4 is 6.09 Å². The van der Waals surface area contributed by atoms with Crippen molar-refractivity contribution in [1.29, 1.82) is 0 Å². The number of fused-ring (bicyclic) bond motifs is 6. The second-order valence-corrected chi connectivity index (χ2v) is 15.0. The molecule has 2 saturated heterocycles. The number of carbonyl (C=O) groups is 1. The van der Waals surface area contributed by atoms with E-state index in [0.29, 0.717) is 29.8 Å². The molecular formula is C35H48N4O3. The van der Waals surface area contributed by atoms with Crippen molar-refractivity contribution in [3.63, 3.8) is 0 Å². The fourth-order valence-corrected chi connectivity index (χ4v) is 11.1. The number of azide groups is 1. The first-order valence-corrected chi connectivity index (χ1v) is 16.6. The summed E-state index contributed by atoms with van der Waals surface area (Å²) in [4.78, 5) is 18.7. The Morgan fingerprint density at radius 3 is 2.74 bits per heavy atom. The zero-order valence-corrected chi connectivity index (χ0v) is 25.9. The highest BCUT2D eigenvalue weighted by atomic mass is 16.6. The van der Waals surface area contributed by atoms with Crippen LogP contribution in [-0.2, 0) is 16.1 Å². The number of nitrogens with zero attached hydrogens (tertiary/aromatic N) is 4. The van der Waals surface area contributed by atoms with Crippen LogP contribution in [0.5, 0.6) is 0 Å². The lowest BCUT2D eigenvalue weighted by atomic mass is 9.52. The van der Waals surface area contributed by atoms with Gasteiger partial charge in [-0.05, 0) is 116 Å². The zero-order chi connectivity index (χ0) is 29.2. The number of hydrogen-bond donors (Lipinski definition) is 0. The number of hydrogen-bond acceptors (Lipinski definition) is 4. The predicted octanol–water partition coefficient (Wildman–Crippen LogP) is 8.45. The Balaban J connectivity index is 1.13. The molecule has 5 unspecified atom stereocenters. The van der Waals surface area contributed by atoms with Crippen molar-refractivity contribution in [2.45, 2.75) is 116 Å². The summed E-state index contributed by atoms with van der Waals surface area (Å²) in [5.41, 5.74) is 13.3. The second-order valence-electron chi connectivity index (χ2n) is 15.0. The van der Waals surface area contributed by atoms with Crippen LogP contribution in [0.1, 0.15) is 91.0 Å². The number of benzene rings is 1. The molecule has 6 aliphatic rings. The van der Waals surface area contributed by atoms with Gasteiger partial charge in [0.25, 0.3) is 0 Å². The first-order valence-electron chi connectivity index (χ1n) is 16.6. The number of ether oxygens (including phenoxy) is 2. The molecule has 3 saturated carbocycles. The third kappa shape index (κ3) is 4.32. The Kier molecular flexibility index (Phi) is 7.13. The molecule has 7 rings (SSSR count). The second kappa shape index (κ2) is 10.6. The minimum absolute atomic E-state index is 0.0538. The Labute approximate surface area is 251 Å². The summed E-state index contributed by atoms with van der Waals surface area (Å²) in [6.07, 6.45) is 10.2. The molecular weight excluding hydrogens is 524 g/mol. The summed E-state index contributed by atoms with van der Waals surface area (Å²) in [7, 11) is 0. The summed E-state index contributed by atoms with van der Waals surface area (Å²) in [5.74, 6) is 3.45. The van der Waals surface area contributed by atoms with Gasteiger partial charge in [-0.2, -0.15) is 0 Å². The average Bonchev–Trinajstić information content (AvgIpc) is 3.51. The molecule has 1 amide bonds. The smallest absolute Gasteiger partial charge is 0.410 e. The zero-order valence-electron chi connectivity index (χ0n) is 25.9. The Bertz CT molecular complexity index is 1290. The van der Waals surface area contributed by atoms with Gasteiger partial charge in [-0.25, -0.2) is 4.79 Å². The number of carbonyl (C=O) groups excluding carboxylic acids is 1. The third-order valence-electron chi connectivity index (χ3n) is 13.2. The van der Waals surface area contributed by atoms with Crippen LogP contribution in [0.2, 0.25) is 0 Å². The van der Waals surface area contributed by atoms with E-state index >= 15 is 0 Å². The summed E-state index contributed by atoms with van der Waals surface area (Å²) in [6, 6.07) is 10.2. The first kappa shape index (κ1) is 28.3. The van der Waals surface area contributed by atoms with Gasteiger partial charge in [0.05, 0.1) is 17.7 Å². The Morgan fingerprint density at radius 2 is 1.95 bits per heavy atom. The summed E-state index contributed by atoms with van der Waals surface area (Å²) in [5, 5.41) is 4.14. The molecule has 4 aliphatic carbocycles. The van der Waals surface area contributed by atoms with Crippen LogP contribution in [0.4, 0.5) is 4.79 Å². The molecule has 7 heteroatoms. The van der Waals surface area contributed by atoms with E-state index in [2.05, 4.69) is 37.7 Å². The summed E-state index contributed by atoms with van der Waals surface area (Å²) in [6.45, 7) is 10.6. The van der Waals surface area contributed by atoms with E-state index in [1.807, 2.05) is 35.2 Å². The largest absolute Gasteiger partial charge is 0.445 e. The van der Waals surface area contributed by atoms with Gasteiger partial charge in [-0.3, -0.25) is 0 Å². The number of allylic oxidation sites excluding steroid dienone is 1. The van der Waals surface area contributed by atoms with Crippen molar-refractivity contribution in [3.05, 3.63) is 57.5 Å². The van der Waals surface area contributed by atoms with Crippen molar-refractivity contribution in [2.24, 2.45) is 46.0 Å². The van der Waals surface area contributed by atoms with E-state index in [9.17, 15) is 4.79 Å². The highest BCUT2D eigenvalue weighted by Gasteiger charge is 2.63. The molecule has 2 heterocycles. The molecule has 2 aliphatic heterocycles. The maximum Gasteiger partial charge on any atom is 0.410 e. The highest BCUT2D eigenvalue weighted by Crippen LogP contribution is 2.66. The highest BCUT2D eigenvalue weighted by molar-refractivity contribution is 5.68. The fraction of sp³-hybridized carbons (Fsp3) is 0.743. The summed E-state index contributed by atoms with van der Waals surface area (Å²) >= 11 is 0. The molecule has 0 bridgehead atoms. The van der Waals surface area contributed by atoms with Crippen LogP contribution < -0.4 is 0 Å². The third-order valence-corrected chi connectivity index (χ3v) is 13.2. The lowest BCUT2D eigenvalue weighted by Gasteiger charge is -2.53. The minimum atomic E-state index is -0.282. The van der Waals surface area contributed by atoms with Crippen molar-refractivity contribution in [1.82, 2.24) is 4.90 Å². The van der Waals surface area contributed by atoms with E-state index in [1.54, 1.807) is 5.57 Å². The van der Waals surface area contributed by atoms with Crippen molar-refractivity contribution < 1.29 is 14.3 Å². The van der Waals surface area contributed by atoms with Crippen LogP contribution in [-0.4, -0.2) is 41.3 Å². The van der Waals surface area contributed by atoms with Crippen LogP contribution in [0.3, 0.4) is 0 Å². The van der Waals surface area contributed by atoms with Gasteiger partial charge in [0.1, 0.15) is 6.61 Å². The van der Waals surface area contributed by atoms with Crippen LogP contribution >= 0.6 is 0 Å². The van der Waals surface area contributed by atoms with E-state index in [1.165, 1.54) is 37.7 Å². The monoisotopic (exact) mass is 572 g/mol. The predicted molar refractivity (Wildman–Crippen MR) is 162 cm³/mol. The molecule has 11 atom stereocenters. The van der Waals surface area contributed by atoms with Crippen LogP contribution in [0.15, 0.2) is 46.6 Å². The van der Waals surface area contributed by atoms with Gasteiger partial charge >= 0.3 is 6.09 Å². The van der Waals surface area contributed by atoms with Gasteiger partial charge in [-0.15, -0.1) is 0 Å². The van der Waals surface area contributed by atoms with Gasteiger partial charge in [0, 0.05) is 23.4 Å². The van der Waals surface area contributed by atoms with E-state index < -0.39 is 0 Å². The van der Waals surface area contributed by atoms with Crippen LogP contribution in [0, 0.1) is 40.9 Å². The Morgan fingerprint density at radius 1 is 1.14 bits per heavy atom. The molecule has 0 aromatic heterocycles. The average molecular weight is 573 g/mol. The van der Waals surface area contributed by atoms with Crippen molar-refractivity contribution in [2.75, 3.05) is 6.54 Å². The Hall–Kier alpha value is -2.50. The maximum absolute atomic E-state index is 13.6. The molecule has 42 heavy (non-hydrogen) atoms. The first-order chi connectivity index (χ1) is 20.2. The SMILES string of the molecule is CC1=C2C[C@H]3C(CC[C@@H]4C[C@H](N=[N+]=[N-])CCC43C)[C@@H]2CCC12O[C@@H]1CC(C)CN(C(=O)OCc3ccccc3)C1[C@H]2C. The molecule has 0 radical (unpaired) electrons. The van der Waals surface area contributed by atoms with E-state index in [4.69, 9.17) is 15.0 Å². The molecule has 1 aromatic rings. The lowest BCUT2D eigenvalue weighted by molar-refractivity contribution is -0.0665. The number of likely N-dealkylation sites (tertiary alicyclic amines) is 1. The van der Waals surface area contributed by atoms with Crippen molar-refractivity contribution in [3.8, 4) is 0 Å². The van der Waals surface area contributed by atoms with Gasteiger partial charge in [0.2, 0.25) is 0 Å². The van der Waals surface area contributed by atoms with Gasteiger partial charge < -0.3 is 14.4 Å². The number of amides is 1. The van der Waals surface area contributed by atoms with Gasteiger partial charge in [0.15, 0.2) is 0 Å². The van der Waals surface area contributed by atoms with E-state index in [-0.39, 0.29) is 35.8 Å². The number of rotatable bonds is 3. The molecule has 1 spiro atoms. The molecule has 5 fully saturated rings. The molecule has 1 aromatic carbocycles. The fourth-order valence-electron chi connectivity index (χ4n) is 11.1. The lowest BCUT2D eigenvalue weighted by Crippen LogP contribution is -2.54.